The van der Waals surface area contributed by atoms with Crippen LogP contribution in [0.25, 0.3) is 0 Å². The van der Waals surface area contributed by atoms with E-state index in [0.717, 1.165) is 36.6 Å². The third-order valence-electron chi connectivity index (χ3n) is 4.52. The standard InChI is InChI=1S/C17H27NO3/c1-20-16-8-7-14(17(9-16)21-2)11-18-10-13-5-3-4-6-15(13)12-19/h7-9,13,15,18-19H,3-6,10-12H2,1-2H3. The quantitative estimate of drug-likeness (QED) is 0.811. The molecule has 1 aromatic rings. The zero-order chi connectivity index (χ0) is 15.1. The van der Waals surface area contributed by atoms with Gasteiger partial charge >= 0.3 is 0 Å². The van der Waals surface area contributed by atoms with Crippen LogP contribution in [0.5, 0.6) is 11.5 Å². The van der Waals surface area contributed by atoms with E-state index in [2.05, 4.69) is 5.32 Å². The number of benzene rings is 1. The van der Waals surface area contributed by atoms with Crippen LogP contribution >= 0.6 is 0 Å². The lowest BCUT2D eigenvalue weighted by atomic mass is 9.79. The molecule has 2 rings (SSSR count). The zero-order valence-corrected chi connectivity index (χ0v) is 13.1. The first kappa shape index (κ1) is 16.1. The Morgan fingerprint density at radius 1 is 1.14 bits per heavy atom. The predicted molar refractivity (Wildman–Crippen MR) is 83.8 cm³/mol. The van der Waals surface area contributed by atoms with Gasteiger partial charge in [0.15, 0.2) is 0 Å². The molecule has 0 amide bonds. The van der Waals surface area contributed by atoms with E-state index >= 15 is 0 Å². The van der Waals surface area contributed by atoms with Crippen molar-refractivity contribution in [3.05, 3.63) is 23.8 Å². The van der Waals surface area contributed by atoms with Crippen LogP contribution in [-0.2, 0) is 6.54 Å². The number of hydrogen-bond acceptors (Lipinski definition) is 4. The molecule has 1 aromatic carbocycles. The lowest BCUT2D eigenvalue weighted by Crippen LogP contribution is -2.32. The van der Waals surface area contributed by atoms with Gasteiger partial charge in [-0.05, 0) is 37.3 Å². The normalized spacial score (nSPS) is 22.0. The molecular formula is C17H27NO3. The summed E-state index contributed by atoms with van der Waals surface area (Å²) in [6.45, 7) is 2.06. The van der Waals surface area contributed by atoms with Crippen LogP contribution in [0.1, 0.15) is 31.2 Å². The predicted octanol–water partition coefficient (Wildman–Crippen LogP) is 2.59. The van der Waals surface area contributed by atoms with Crippen LogP contribution in [0.15, 0.2) is 18.2 Å². The second-order valence-electron chi connectivity index (χ2n) is 5.80. The van der Waals surface area contributed by atoms with Crippen LogP contribution in [0.2, 0.25) is 0 Å². The Labute approximate surface area is 127 Å². The molecule has 1 aliphatic carbocycles. The van der Waals surface area contributed by atoms with Crippen LogP contribution in [0, 0.1) is 11.8 Å². The van der Waals surface area contributed by atoms with Crippen LogP contribution in [-0.4, -0.2) is 32.5 Å². The molecule has 21 heavy (non-hydrogen) atoms. The Morgan fingerprint density at radius 2 is 1.90 bits per heavy atom. The minimum Gasteiger partial charge on any atom is -0.497 e. The maximum Gasteiger partial charge on any atom is 0.127 e. The fourth-order valence-electron chi connectivity index (χ4n) is 3.18. The van der Waals surface area contributed by atoms with Gasteiger partial charge in [-0.1, -0.05) is 18.9 Å². The number of hydrogen-bond donors (Lipinski definition) is 2. The highest BCUT2D eigenvalue weighted by Crippen LogP contribution is 2.29. The van der Waals surface area contributed by atoms with E-state index in [1.807, 2.05) is 18.2 Å². The van der Waals surface area contributed by atoms with E-state index in [1.54, 1.807) is 14.2 Å². The lowest BCUT2D eigenvalue weighted by molar-refractivity contribution is 0.133. The minimum absolute atomic E-state index is 0.318. The molecular weight excluding hydrogens is 266 g/mol. The summed E-state index contributed by atoms with van der Waals surface area (Å²) in [5.74, 6) is 2.71. The van der Waals surface area contributed by atoms with Crippen molar-refractivity contribution in [2.45, 2.75) is 32.2 Å². The molecule has 118 valence electrons. The molecule has 0 aliphatic heterocycles. The molecule has 1 fully saturated rings. The fourth-order valence-corrected chi connectivity index (χ4v) is 3.18. The SMILES string of the molecule is COc1ccc(CNCC2CCCCC2CO)c(OC)c1. The molecule has 2 unspecified atom stereocenters. The van der Waals surface area contributed by atoms with Crippen molar-refractivity contribution >= 4 is 0 Å². The van der Waals surface area contributed by atoms with E-state index in [1.165, 1.54) is 19.3 Å². The highest BCUT2D eigenvalue weighted by Gasteiger charge is 2.23. The van der Waals surface area contributed by atoms with Gasteiger partial charge in [-0.15, -0.1) is 0 Å². The summed E-state index contributed by atoms with van der Waals surface area (Å²) in [5.41, 5.74) is 1.13. The molecule has 1 aliphatic rings. The summed E-state index contributed by atoms with van der Waals surface area (Å²) in [6.07, 6.45) is 4.93. The maximum absolute atomic E-state index is 9.46. The molecule has 4 nitrogen and oxygen atoms in total. The van der Waals surface area contributed by atoms with Gasteiger partial charge in [0.05, 0.1) is 14.2 Å². The van der Waals surface area contributed by atoms with Crippen LogP contribution in [0.4, 0.5) is 0 Å². The number of ether oxygens (including phenoxy) is 2. The van der Waals surface area contributed by atoms with Crippen molar-refractivity contribution in [3.63, 3.8) is 0 Å². The Bertz CT molecular complexity index is 436. The van der Waals surface area contributed by atoms with Gasteiger partial charge < -0.3 is 19.9 Å². The molecule has 4 heteroatoms. The molecule has 0 heterocycles. The first-order valence-corrected chi connectivity index (χ1v) is 7.81. The highest BCUT2D eigenvalue weighted by atomic mass is 16.5. The minimum atomic E-state index is 0.318. The van der Waals surface area contributed by atoms with E-state index in [0.29, 0.717) is 18.4 Å². The van der Waals surface area contributed by atoms with Gasteiger partial charge in [-0.25, -0.2) is 0 Å². The third-order valence-corrected chi connectivity index (χ3v) is 4.52. The Kier molecular flexibility index (Phi) is 6.33. The smallest absolute Gasteiger partial charge is 0.127 e. The summed E-state index contributed by atoms with van der Waals surface area (Å²) >= 11 is 0. The molecule has 0 spiro atoms. The first-order valence-electron chi connectivity index (χ1n) is 7.81. The monoisotopic (exact) mass is 293 g/mol. The summed E-state index contributed by atoms with van der Waals surface area (Å²) < 4.78 is 10.6. The van der Waals surface area contributed by atoms with Crippen molar-refractivity contribution in [1.29, 1.82) is 0 Å². The van der Waals surface area contributed by atoms with Gasteiger partial charge in [0.2, 0.25) is 0 Å². The third kappa shape index (κ3) is 4.35. The Balaban J connectivity index is 1.87. The van der Waals surface area contributed by atoms with E-state index in [9.17, 15) is 5.11 Å². The average Bonchev–Trinajstić information content (AvgIpc) is 2.55. The van der Waals surface area contributed by atoms with Crippen molar-refractivity contribution in [2.24, 2.45) is 11.8 Å². The van der Waals surface area contributed by atoms with Gasteiger partial charge in [-0.3, -0.25) is 0 Å². The number of aliphatic hydroxyl groups excluding tert-OH is 1. The van der Waals surface area contributed by atoms with Crippen LogP contribution < -0.4 is 14.8 Å². The van der Waals surface area contributed by atoms with Crippen molar-refractivity contribution in [1.82, 2.24) is 5.32 Å². The number of aliphatic hydroxyl groups is 1. The maximum atomic E-state index is 9.46. The first-order chi connectivity index (χ1) is 10.3. The molecule has 2 atom stereocenters. The number of rotatable bonds is 7. The zero-order valence-electron chi connectivity index (χ0n) is 13.1. The Morgan fingerprint density at radius 3 is 2.57 bits per heavy atom. The molecule has 1 saturated carbocycles. The molecule has 0 bridgehead atoms. The second kappa shape index (κ2) is 8.25. The molecule has 0 saturated heterocycles. The van der Waals surface area contributed by atoms with E-state index in [-0.39, 0.29) is 0 Å². The van der Waals surface area contributed by atoms with Crippen LogP contribution in [0.3, 0.4) is 0 Å². The van der Waals surface area contributed by atoms with Gasteiger partial charge in [0, 0.05) is 24.8 Å². The van der Waals surface area contributed by atoms with Crippen molar-refractivity contribution in [3.8, 4) is 11.5 Å². The van der Waals surface area contributed by atoms with Crippen molar-refractivity contribution in [2.75, 3.05) is 27.4 Å². The van der Waals surface area contributed by atoms with Gasteiger partial charge in [-0.2, -0.15) is 0 Å². The summed E-state index contributed by atoms with van der Waals surface area (Å²) in [5, 5.41) is 13.0. The van der Waals surface area contributed by atoms with Crippen molar-refractivity contribution < 1.29 is 14.6 Å². The average molecular weight is 293 g/mol. The lowest BCUT2D eigenvalue weighted by Gasteiger charge is -2.30. The van der Waals surface area contributed by atoms with Gasteiger partial charge in [0.1, 0.15) is 11.5 Å². The second-order valence-corrected chi connectivity index (χ2v) is 5.80. The fraction of sp³-hybridized carbons (Fsp3) is 0.647. The Hall–Kier alpha value is -1.26. The molecule has 0 radical (unpaired) electrons. The number of methoxy groups -OCH3 is 2. The molecule has 2 N–H and O–H groups in total. The highest BCUT2D eigenvalue weighted by molar-refractivity contribution is 5.40. The van der Waals surface area contributed by atoms with E-state index < -0.39 is 0 Å². The summed E-state index contributed by atoms with van der Waals surface area (Å²) in [4.78, 5) is 0. The van der Waals surface area contributed by atoms with Gasteiger partial charge in [0.25, 0.3) is 0 Å². The topological polar surface area (TPSA) is 50.7 Å². The summed E-state index contributed by atoms with van der Waals surface area (Å²) in [6, 6.07) is 5.90. The molecule has 0 aromatic heterocycles. The largest absolute Gasteiger partial charge is 0.497 e. The number of nitrogens with one attached hydrogen (secondary N) is 1. The summed E-state index contributed by atoms with van der Waals surface area (Å²) in [7, 11) is 3.34. The van der Waals surface area contributed by atoms with E-state index in [4.69, 9.17) is 9.47 Å².